The van der Waals surface area contributed by atoms with Gasteiger partial charge in [0.25, 0.3) is 0 Å². The number of carbonyl (C=O) groups excluding carboxylic acids is 1. The fourth-order valence-corrected chi connectivity index (χ4v) is 3.47. The number of nitrogens with zero attached hydrogens (tertiary/aromatic N) is 1. The van der Waals surface area contributed by atoms with Crippen molar-refractivity contribution in [3.63, 3.8) is 0 Å². The van der Waals surface area contributed by atoms with Crippen molar-refractivity contribution in [3.05, 3.63) is 46.4 Å². The third-order valence-electron chi connectivity index (χ3n) is 4.01. The van der Waals surface area contributed by atoms with E-state index < -0.39 is 0 Å². The number of aryl methyl sites for hydroxylation is 1. The molecule has 1 aliphatic rings. The number of nitrogens with one attached hydrogen (secondary N) is 1. The number of hydrogen-bond donors (Lipinski definition) is 1. The van der Waals surface area contributed by atoms with E-state index in [-0.39, 0.29) is 17.9 Å². The Kier molecular flexibility index (Phi) is 4.73. The lowest BCUT2D eigenvalue weighted by Crippen LogP contribution is -2.37. The minimum atomic E-state index is 0.0796. The van der Waals surface area contributed by atoms with Crippen molar-refractivity contribution >= 4 is 17.2 Å². The molecule has 116 valence electrons. The first kappa shape index (κ1) is 15.0. The summed E-state index contributed by atoms with van der Waals surface area (Å²) in [6.07, 6.45) is 4.05. The first-order valence-electron chi connectivity index (χ1n) is 7.63. The van der Waals surface area contributed by atoms with Crippen LogP contribution in [0.1, 0.15) is 36.3 Å². The molecule has 0 bridgehead atoms. The molecule has 3 rings (SSSR count). The number of para-hydroxylation sites is 1. The Bertz CT molecular complexity index is 627. The van der Waals surface area contributed by atoms with Gasteiger partial charge < -0.3 is 10.1 Å². The molecule has 0 radical (unpaired) electrons. The molecular weight excluding hydrogens is 296 g/mol. The zero-order valence-corrected chi connectivity index (χ0v) is 13.4. The highest BCUT2D eigenvalue weighted by molar-refractivity contribution is 7.09. The van der Waals surface area contributed by atoms with Crippen LogP contribution in [-0.2, 0) is 11.2 Å². The second kappa shape index (κ2) is 6.92. The van der Waals surface area contributed by atoms with E-state index in [2.05, 4.69) is 23.3 Å². The van der Waals surface area contributed by atoms with Crippen LogP contribution in [0, 0.1) is 0 Å². The van der Waals surface area contributed by atoms with E-state index >= 15 is 0 Å². The van der Waals surface area contributed by atoms with E-state index in [4.69, 9.17) is 4.74 Å². The first-order chi connectivity index (χ1) is 10.7. The zero-order chi connectivity index (χ0) is 15.4. The fraction of sp³-hybridized carbons (Fsp3) is 0.412. The summed E-state index contributed by atoms with van der Waals surface area (Å²) in [4.78, 5) is 16.3. The Morgan fingerprint density at radius 2 is 2.36 bits per heavy atom. The van der Waals surface area contributed by atoms with Crippen LogP contribution >= 0.6 is 11.3 Å². The number of aromatic nitrogens is 1. The van der Waals surface area contributed by atoms with Gasteiger partial charge >= 0.3 is 0 Å². The maximum Gasteiger partial charge on any atom is 0.220 e. The van der Waals surface area contributed by atoms with E-state index in [0.29, 0.717) is 13.0 Å². The summed E-state index contributed by atoms with van der Waals surface area (Å²) in [6.45, 7) is 2.69. The topological polar surface area (TPSA) is 51.2 Å². The summed E-state index contributed by atoms with van der Waals surface area (Å²) in [5.74, 6) is 1.28. The number of carbonyl (C=O) groups is 1. The molecule has 4 nitrogen and oxygen atoms in total. The molecule has 22 heavy (non-hydrogen) atoms. The number of benzene rings is 1. The van der Waals surface area contributed by atoms with Crippen LogP contribution in [0.3, 0.4) is 0 Å². The summed E-state index contributed by atoms with van der Waals surface area (Å²) >= 11 is 1.64. The second-order valence-electron chi connectivity index (χ2n) is 5.59. The molecule has 5 heteroatoms. The molecule has 0 aliphatic carbocycles. The number of hydrogen-bond acceptors (Lipinski definition) is 4. The molecule has 1 amide bonds. The average molecular weight is 316 g/mol. The first-order valence-corrected chi connectivity index (χ1v) is 8.51. The van der Waals surface area contributed by atoms with Crippen molar-refractivity contribution in [2.75, 3.05) is 6.61 Å². The van der Waals surface area contributed by atoms with Gasteiger partial charge in [-0.25, -0.2) is 4.98 Å². The lowest BCUT2D eigenvalue weighted by molar-refractivity contribution is -0.121. The molecule has 2 atom stereocenters. The standard InChI is InChI=1S/C17H20N2O2S/c1-12(14-11-21-15-6-3-2-5-13(14)15)19-16(20)7-4-8-17-18-9-10-22-17/h2-3,5-6,9-10,12,14H,4,7-8,11H2,1H3,(H,19,20)/t12-,14+/m1/s1. The predicted octanol–water partition coefficient (Wildman–Crippen LogP) is 3.15. The van der Waals surface area contributed by atoms with Gasteiger partial charge in [0.15, 0.2) is 0 Å². The van der Waals surface area contributed by atoms with Gasteiger partial charge in [-0.3, -0.25) is 4.79 Å². The lowest BCUT2D eigenvalue weighted by Gasteiger charge is -2.19. The molecule has 1 aromatic heterocycles. The largest absolute Gasteiger partial charge is 0.493 e. The molecule has 0 fully saturated rings. The minimum absolute atomic E-state index is 0.0796. The molecule has 0 saturated heterocycles. The van der Waals surface area contributed by atoms with Crippen molar-refractivity contribution in [2.24, 2.45) is 0 Å². The smallest absolute Gasteiger partial charge is 0.220 e. The van der Waals surface area contributed by atoms with E-state index in [1.807, 2.05) is 23.6 Å². The van der Waals surface area contributed by atoms with E-state index in [1.165, 1.54) is 5.56 Å². The Labute approximate surface area is 134 Å². The van der Waals surface area contributed by atoms with Crippen molar-refractivity contribution in [3.8, 4) is 5.75 Å². The van der Waals surface area contributed by atoms with Crippen LogP contribution in [0.25, 0.3) is 0 Å². The van der Waals surface area contributed by atoms with Gasteiger partial charge in [-0.15, -0.1) is 11.3 Å². The number of amides is 1. The maximum absolute atomic E-state index is 12.1. The number of ether oxygens (including phenoxy) is 1. The van der Waals surface area contributed by atoms with Crippen LogP contribution in [-0.4, -0.2) is 23.5 Å². The van der Waals surface area contributed by atoms with Gasteiger partial charge in [-0.05, 0) is 25.8 Å². The highest BCUT2D eigenvalue weighted by Crippen LogP contribution is 2.35. The Morgan fingerprint density at radius 3 is 3.18 bits per heavy atom. The molecular formula is C17H20N2O2S. The second-order valence-corrected chi connectivity index (χ2v) is 6.57. The maximum atomic E-state index is 12.1. The Balaban J connectivity index is 1.47. The highest BCUT2D eigenvalue weighted by Gasteiger charge is 2.29. The molecule has 2 aromatic rings. The molecule has 0 saturated carbocycles. The number of thiazole rings is 1. The molecule has 1 aliphatic heterocycles. The highest BCUT2D eigenvalue weighted by atomic mass is 32.1. The van der Waals surface area contributed by atoms with E-state index in [1.54, 1.807) is 17.5 Å². The van der Waals surface area contributed by atoms with Crippen LogP contribution in [0.4, 0.5) is 0 Å². The summed E-state index contributed by atoms with van der Waals surface area (Å²) < 4.78 is 5.69. The molecule has 0 spiro atoms. The van der Waals surface area contributed by atoms with Crippen LogP contribution in [0.2, 0.25) is 0 Å². The molecule has 1 N–H and O–H groups in total. The lowest BCUT2D eigenvalue weighted by atomic mass is 9.94. The van der Waals surface area contributed by atoms with Crippen molar-refractivity contribution in [1.29, 1.82) is 0 Å². The third-order valence-corrected chi connectivity index (χ3v) is 4.85. The monoisotopic (exact) mass is 316 g/mol. The van der Waals surface area contributed by atoms with Gasteiger partial charge in [-0.1, -0.05) is 18.2 Å². The van der Waals surface area contributed by atoms with E-state index in [9.17, 15) is 4.79 Å². The SMILES string of the molecule is C[C@@H](NC(=O)CCCc1nccs1)[C@@H]1COc2ccccc21. The molecule has 0 unspecified atom stereocenters. The predicted molar refractivity (Wildman–Crippen MR) is 87.3 cm³/mol. The number of rotatable bonds is 6. The van der Waals surface area contributed by atoms with E-state index in [0.717, 1.165) is 23.6 Å². The third kappa shape index (κ3) is 3.47. The van der Waals surface area contributed by atoms with Gasteiger partial charge in [0.05, 0.1) is 11.6 Å². The van der Waals surface area contributed by atoms with Crippen molar-refractivity contribution < 1.29 is 9.53 Å². The molecule has 1 aromatic carbocycles. The summed E-state index contributed by atoms with van der Waals surface area (Å²) in [7, 11) is 0. The Hall–Kier alpha value is -1.88. The summed E-state index contributed by atoms with van der Waals surface area (Å²) in [5, 5.41) is 6.17. The summed E-state index contributed by atoms with van der Waals surface area (Å²) in [5.41, 5.74) is 1.19. The van der Waals surface area contributed by atoms with Gasteiger partial charge in [-0.2, -0.15) is 0 Å². The van der Waals surface area contributed by atoms with Crippen LogP contribution in [0.5, 0.6) is 5.75 Å². The zero-order valence-electron chi connectivity index (χ0n) is 12.6. The van der Waals surface area contributed by atoms with Crippen LogP contribution in [0.15, 0.2) is 35.8 Å². The normalized spacial score (nSPS) is 17.6. The quantitative estimate of drug-likeness (QED) is 0.890. The summed E-state index contributed by atoms with van der Waals surface area (Å²) in [6, 6.07) is 8.14. The Morgan fingerprint density at radius 1 is 1.50 bits per heavy atom. The van der Waals surface area contributed by atoms with Gasteiger partial charge in [0, 0.05) is 35.5 Å². The van der Waals surface area contributed by atoms with Crippen molar-refractivity contribution in [2.45, 2.75) is 38.1 Å². The van der Waals surface area contributed by atoms with Crippen molar-refractivity contribution in [1.82, 2.24) is 10.3 Å². The molecule has 2 heterocycles. The minimum Gasteiger partial charge on any atom is -0.493 e. The number of fused-ring (bicyclic) bond motifs is 1. The van der Waals surface area contributed by atoms with Gasteiger partial charge in [0.2, 0.25) is 5.91 Å². The van der Waals surface area contributed by atoms with Crippen LogP contribution < -0.4 is 10.1 Å². The average Bonchev–Trinajstić information content (AvgIpc) is 3.16. The fourth-order valence-electron chi connectivity index (χ4n) is 2.80. The van der Waals surface area contributed by atoms with Gasteiger partial charge in [0.1, 0.15) is 5.75 Å².